The maximum Gasteiger partial charge on any atom is 0.408 e. The first kappa shape index (κ1) is 22.3. The lowest BCUT2D eigenvalue weighted by Gasteiger charge is -2.62. The van der Waals surface area contributed by atoms with E-state index in [4.69, 9.17) is 4.74 Å². The second-order valence-electron chi connectivity index (χ2n) is 10.4. The lowest BCUT2D eigenvalue weighted by Crippen LogP contribution is -2.66. The molecule has 0 spiro atoms. The van der Waals surface area contributed by atoms with E-state index in [1.54, 1.807) is 20.8 Å². The average Bonchev–Trinajstić information content (AvgIpc) is 2.55. The number of carbonyl (C=O) groups is 2. The van der Waals surface area contributed by atoms with Gasteiger partial charge in [0.05, 0.1) is 18.8 Å². The summed E-state index contributed by atoms with van der Waals surface area (Å²) in [6, 6.07) is -0.854. The monoisotopic (exact) mass is 412 g/mol. The van der Waals surface area contributed by atoms with Crippen LogP contribution in [0.2, 0.25) is 0 Å². The van der Waals surface area contributed by atoms with Gasteiger partial charge in [-0.3, -0.25) is 4.79 Å². The van der Waals surface area contributed by atoms with Gasteiger partial charge < -0.3 is 30.3 Å². The lowest BCUT2D eigenvalue weighted by molar-refractivity contribution is -0.180. The number of hydrogen-bond acceptors (Lipinski definition) is 6. The van der Waals surface area contributed by atoms with E-state index in [1.165, 1.54) is 4.90 Å². The van der Waals surface area contributed by atoms with E-state index < -0.39 is 28.8 Å². The van der Waals surface area contributed by atoms with Crippen molar-refractivity contribution < 1.29 is 29.6 Å². The topological polar surface area (TPSA) is 119 Å². The number of alkyl carbamates (subject to hydrolysis) is 1. The fourth-order valence-electron chi connectivity index (χ4n) is 6.28. The summed E-state index contributed by atoms with van der Waals surface area (Å²) in [5.74, 6) is 0.367. The van der Waals surface area contributed by atoms with Gasteiger partial charge in [-0.25, -0.2) is 4.79 Å². The zero-order valence-corrected chi connectivity index (χ0v) is 17.8. The first-order valence-corrected chi connectivity index (χ1v) is 10.7. The van der Waals surface area contributed by atoms with Crippen LogP contribution in [-0.4, -0.2) is 75.8 Å². The van der Waals surface area contributed by atoms with Gasteiger partial charge in [0, 0.05) is 18.5 Å². The van der Waals surface area contributed by atoms with Gasteiger partial charge in [-0.05, 0) is 71.1 Å². The molecular weight excluding hydrogens is 376 g/mol. The van der Waals surface area contributed by atoms with Crippen LogP contribution in [0.1, 0.15) is 59.3 Å². The van der Waals surface area contributed by atoms with Crippen molar-refractivity contribution in [3.05, 3.63) is 0 Å². The Morgan fingerprint density at radius 2 is 1.66 bits per heavy atom. The Morgan fingerprint density at radius 1 is 1.10 bits per heavy atom. The van der Waals surface area contributed by atoms with E-state index in [-0.39, 0.29) is 32.2 Å². The molecule has 29 heavy (non-hydrogen) atoms. The quantitative estimate of drug-likeness (QED) is 0.496. The van der Waals surface area contributed by atoms with Crippen molar-refractivity contribution in [2.24, 2.45) is 17.3 Å². The Morgan fingerprint density at radius 3 is 2.10 bits per heavy atom. The van der Waals surface area contributed by atoms with Gasteiger partial charge in [-0.1, -0.05) is 0 Å². The lowest BCUT2D eigenvalue weighted by atomic mass is 9.46. The predicted molar refractivity (Wildman–Crippen MR) is 106 cm³/mol. The normalized spacial score (nSPS) is 34.0. The van der Waals surface area contributed by atoms with Gasteiger partial charge in [-0.15, -0.1) is 0 Å². The highest BCUT2D eigenvalue weighted by Gasteiger charge is 2.61. The van der Waals surface area contributed by atoms with Crippen molar-refractivity contribution in [3.8, 4) is 0 Å². The number of amides is 2. The Kier molecular flexibility index (Phi) is 6.18. The molecule has 2 amide bonds. The molecule has 4 fully saturated rings. The SMILES string of the molecule is CC(C)(C)OC(=O)N[C@H](C(=O)N(CCO)CCO)C12CC3CC(CC(O)(C3)C1)C2. The molecule has 166 valence electrons. The molecule has 2 unspecified atom stereocenters. The number of ether oxygens (including phenoxy) is 1. The Balaban J connectivity index is 1.90. The summed E-state index contributed by atoms with van der Waals surface area (Å²) in [5, 5.41) is 32.7. The van der Waals surface area contributed by atoms with E-state index in [9.17, 15) is 24.9 Å². The van der Waals surface area contributed by atoms with E-state index >= 15 is 0 Å². The fourth-order valence-corrected chi connectivity index (χ4v) is 6.28. The zero-order valence-electron chi connectivity index (χ0n) is 17.8. The third-order valence-corrected chi connectivity index (χ3v) is 6.65. The molecule has 4 aliphatic rings. The van der Waals surface area contributed by atoms with E-state index in [1.807, 2.05) is 0 Å². The highest BCUT2D eigenvalue weighted by Crippen LogP contribution is 2.63. The van der Waals surface area contributed by atoms with Crippen LogP contribution in [0.3, 0.4) is 0 Å². The van der Waals surface area contributed by atoms with Crippen molar-refractivity contribution in [1.29, 1.82) is 0 Å². The van der Waals surface area contributed by atoms with E-state index in [0.29, 0.717) is 18.3 Å². The smallest absolute Gasteiger partial charge is 0.408 e. The minimum atomic E-state index is -0.854. The van der Waals surface area contributed by atoms with Crippen LogP contribution < -0.4 is 5.32 Å². The molecular formula is C21H36N2O6. The fraction of sp³-hybridized carbons (Fsp3) is 0.905. The van der Waals surface area contributed by atoms with Gasteiger partial charge in [0.15, 0.2) is 0 Å². The van der Waals surface area contributed by atoms with E-state index in [0.717, 1.165) is 32.1 Å². The summed E-state index contributed by atoms with van der Waals surface area (Å²) >= 11 is 0. The third-order valence-electron chi connectivity index (χ3n) is 6.65. The maximum absolute atomic E-state index is 13.5. The van der Waals surface area contributed by atoms with Crippen molar-refractivity contribution >= 4 is 12.0 Å². The molecule has 0 aromatic heterocycles. The predicted octanol–water partition coefficient (Wildman–Crippen LogP) is 1.02. The standard InChI is InChI=1S/C21H36N2O6/c1-19(2,3)29-18(27)22-16(17(26)23(4-6-24)5-7-25)20-9-14-8-15(10-20)12-21(28,11-14)13-20/h14-16,24-25,28H,4-13H2,1-3H3,(H,22,27)/t14?,15?,16-,20?,21?/m1/s1. The Bertz CT molecular complexity index is 611. The largest absolute Gasteiger partial charge is 0.444 e. The zero-order chi connectivity index (χ0) is 21.4. The first-order valence-electron chi connectivity index (χ1n) is 10.7. The molecule has 0 heterocycles. The van der Waals surface area contributed by atoms with Gasteiger partial charge in [-0.2, -0.15) is 0 Å². The van der Waals surface area contributed by atoms with Crippen LogP contribution in [0.4, 0.5) is 4.79 Å². The first-order chi connectivity index (χ1) is 13.5. The molecule has 8 heteroatoms. The summed E-state index contributed by atoms with van der Waals surface area (Å²) in [5.41, 5.74) is -2.01. The van der Waals surface area contributed by atoms with Crippen LogP contribution in [0.15, 0.2) is 0 Å². The van der Waals surface area contributed by atoms with Gasteiger partial charge in [0.2, 0.25) is 5.91 Å². The van der Waals surface area contributed by atoms with Gasteiger partial charge in [0.1, 0.15) is 11.6 Å². The van der Waals surface area contributed by atoms with E-state index in [2.05, 4.69) is 5.32 Å². The molecule has 3 atom stereocenters. The third kappa shape index (κ3) is 4.86. The van der Waals surface area contributed by atoms with Crippen LogP contribution in [0.25, 0.3) is 0 Å². The molecule has 4 saturated carbocycles. The summed E-state index contributed by atoms with van der Waals surface area (Å²) in [4.78, 5) is 27.5. The number of nitrogens with zero attached hydrogens (tertiary/aromatic N) is 1. The molecule has 0 aromatic rings. The molecule has 0 radical (unpaired) electrons. The van der Waals surface area contributed by atoms with Crippen LogP contribution in [-0.2, 0) is 9.53 Å². The van der Waals surface area contributed by atoms with Crippen LogP contribution in [0.5, 0.6) is 0 Å². The number of aliphatic hydroxyl groups is 3. The highest BCUT2D eigenvalue weighted by atomic mass is 16.6. The highest BCUT2D eigenvalue weighted by molar-refractivity contribution is 5.87. The maximum atomic E-state index is 13.5. The Labute approximate surface area is 172 Å². The molecule has 0 aromatic carbocycles. The Hall–Kier alpha value is -1.38. The molecule has 4 N–H and O–H groups in total. The summed E-state index contributed by atoms with van der Waals surface area (Å²) in [7, 11) is 0. The second kappa shape index (κ2) is 8.04. The van der Waals surface area contributed by atoms with Gasteiger partial charge in [0.25, 0.3) is 0 Å². The van der Waals surface area contributed by atoms with Crippen molar-refractivity contribution in [2.75, 3.05) is 26.3 Å². The average molecular weight is 413 g/mol. The molecule has 4 rings (SSSR count). The number of hydrogen-bond donors (Lipinski definition) is 4. The molecule has 0 saturated heterocycles. The summed E-state index contributed by atoms with van der Waals surface area (Å²) < 4.78 is 5.42. The molecule has 4 bridgehead atoms. The van der Waals surface area contributed by atoms with Crippen LogP contribution in [0, 0.1) is 17.3 Å². The number of aliphatic hydroxyl groups excluding tert-OH is 2. The van der Waals surface area contributed by atoms with Gasteiger partial charge >= 0.3 is 6.09 Å². The van der Waals surface area contributed by atoms with Crippen molar-refractivity contribution in [1.82, 2.24) is 10.2 Å². The summed E-state index contributed by atoms with van der Waals surface area (Å²) in [6.45, 7) is 5.00. The van der Waals surface area contributed by atoms with Crippen molar-refractivity contribution in [3.63, 3.8) is 0 Å². The molecule has 0 aliphatic heterocycles. The van der Waals surface area contributed by atoms with Crippen molar-refractivity contribution in [2.45, 2.75) is 76.5 Å². The minimum Gasteiger partial charge on any atom is -0.444 e. The second-order valence-corrected chi connectivity index (χ2v) is 10.4. The van der Waals surface area contributed by atoms with Crippen LogP contribution >= 0.6 is 0 Å². The summed E-state index contributed by atoms with van der Waals surface area (Å²) in [6.07, 6.45) is 3.96. The number of nitrogens with one attached hydrogen (secondary N) is 1. The minimum absolute atomic E-state index is 0.0824. The molecule has 4 aliphatic carbocycles. The number of carbonyl (C=O) groups excluding carboxylic acids is 2. The number of rotatable bonds is 7. The molecule has 8 nitrogen and oxygen atoms in total.